The zero-order valence-corrected chi connectivity index (χ0v) is 13.7. The molecule has 2 aromatic rings. The van der Waals surface area contributed by atoms with Gasteiger partial charge >= 0.3 is 0 Å². The number of amides is 1. The van der Waals surface area contributed by atoms with E-state index in [2.05, 4.69) is 15.2 Å². The summed E-state index contributed by atoms with van der Waals surface area (Å²) in [4.78, 5) is 18.8. The fourth-order valence-electron chi connectivity index (χ4n) is 2.92. The van der Waals surface area contributed by atoms with E-state index in [9.17, 15) is 9.90 Å². The van der Waals surface area contributed by atoms with Gasteiger partial charge < -0.3 is 15.3 Å². The fourth-order valence-corrected chi connectivity index (χ4v) is 3.64. The molecule has 1 aliphatic heterocycles. The summed E-state index contributed by atoms with van der Waals surface area (Å²) in [6.07, 6.45) is 3.56. The number of hydrogen-bond donors (Lipinski definition) is 2. The van der Waals surface area contributed by atoms with Crippen LogP contribution in [0.2, 0.25) is 0 Å². The highest BCUT2D eigenvalue weighted by molar-refractivity contribution is 7.13. The molecule has 0 unspecified atom stereocenters. The van der Waals surface area contributed by atoms with E-state index < -0.39 is 6.10 Å². The van der Waals surface area contributed by atoms with E-state index in [0.717, 1.165) is 30.1 Å². The van der Waals surface area contributed by atoms with Crippen molar-refractivity contribution >= 4 is 22.4 Å². The van der Waals surface area contributed by atoms with Crippen LogP contribution >= 0.6 is 11.3 Å². The normalized spacial score (nSPS) is 18.8. The highest BCUT2D eigenvalue weighted by Crippen LogP contribution is 2.27. The molecule has 0 saturated carbocycles. The average molecular weight is 331 g/mol. The number of nitrogens with one attached hydrogen (secondary N) is 1. The Morgan fingerprint density at radius 2 is 2.26 bits per heavy atom. The number of anilines is 1. The Hall–Kier alpha value is -1.92. The quantitative estimate of drug-likeness (QED) is 0.848. The minimum Gasteiger partial charge on any atom is -0.391 e. The third-order valence-electron chi connectivity index (χ3n) is 4.05. The van der Waals surface area contributed by atoms with Gasteiger partial charge in [-0.25, -0.2) is 4.98 Å². The van der Waals surface area contributed by atoms with E-state index in [-0.39, 0.29) is 18.5 Å². The van der Waals surface area contributed by atoms with E-state index in [1.807, 2.05) is 35.7 Å². The molecule has 122 valence electrons. The van der Waals surface area contributed by atoms with Gasteiger partial charge in [-0.2, -0.15) is 0 Å². The Labute approximate surface area is 140 Å². The third kappa shape index (κ3) is 4.09. The van der Waals surface area contributed by atoms with E-state index in [1.165, 1.54) is 0 Å². The van der Waals surface area contributed by atoms with Crippen LogP contribution in [0.1, 0.15) is 18.4 Å². The van der Waals surface area contributed by atoms with Gasteiger partial charge in [-0.15, -0.1) is 11.3 Å². The molecule has 2 N–H and O–H groups in total. The summed E-state index contributed by atoms with van der Waals surface area (Å²) in [5.74, 6) is -0.0233. The molecule has 0 aliphatic carbocycles. The van der Waals surface area contributed by atoms with E-state index >= 15 is 0 Å². The predicted octanol–water partition coefficient (Wildman–Crippen LogP) is 1.83. The van der Waals surface area contributed by atoms with Crippen LogP contribution in [0.25, 0.3) is 0 Å². The number of aliphatic hydroxyl groups is 1. The Kier molecular flexibility index (Phi) is 5.25. The molecule has 5 nitrogen and oxygen atoms in total. The molecule has 1 aromatic heterocycles. The van der Waals surface area contributed by atoms with Gasteiger partial charge in [0.15, 0.2) is 5.13 Å². The highest BCUT2D eigenvalue weighted by Gasteiger charge is 2.32. The van der Waals surface area contributed by atoms with Crippen molar-refractivity contribution in [2.24, 2.45) is 0 Å². The van der Waals surface area contributed by atoms with Crippen LogP contribution in [0.15, 0.2) is 41.9 Å². The van der Waals surface area contributed by atoms with Gasteiger partial charge in [0.05, 0.1) is 6.10 Å². The molecule has 6 heteroatoms. The molecular formula is C17H21N3O2S. The molecule has 1 aliphatic rings. The van der Waals surface area contributed by atoms with Crippen LogP contribution in [0.3, 0.4) is 0 Å². The molecule has 1 saturated heterocycles. The largest absolute Gasteiger partial charge is 0.391 e. The first kappa shape index (κ1) is 16.0. The lowest BCUT2D eigenvalue weighted by Crippen LogP contribution is -2.45. The van der Waals surface area contributed by atoms with Gasteiger partial charge in [0.25, 0.3) is 0 Å². The van der Waals surface area contributed by atoms with Gasteiger partial charge in [-0.05, 0) is 18.4 Å². The van der Waals surface area contributed by atoms with Gasteiger partial charge in [0, 0.05) is 31.1 Å². The number of carbonyl (C=O) groups excluding carboxylic acids is 1. The smallest absolute Gasteiger partial charge is 0.242 e. The fraction of sp³-hybridized carbons (Fsp3) is 0.412. The monoisotopic (exact) mass is 331 g/mol. The van der Waals surface area contributed by atoms with Crippen molar-refractivity contribution in [2.75, 3.05) is 18.0 Å². The van der Waals surface area contributed by atoms with Gasteiger partial charge in [0.1, 0.15) is 6.04 Å². The van der Waals surface area contributed by atoms with Crippen molar-refractivity contribution in [3.05, 3.63) is 47.5 Å². The number of nitrogens with zero attached hydrogens (tertiary/aromatic N) is 2. The maximum atomic E-state index is 12.4. The third-order valence-corrected chi connectivity index (χ3v) is 4.86. The number of hydrogen-bond acceptors (Lipinski definition) is 5. The molecule has 3 rings (SSSR count). The van der Waals surface area contributed by atoms with Crippen molar-refractivity contribution < 1.29 is 9.90 Å². The summed E-state index contributed by atoms with van der Waals surface area (Å²) in [6.45, 7) is 1.13. The topological polar surface area (TPSA) is 65.5 Å². The first-order chi connectivity index (χ1) is 11.2. The lowest BCUT2D eigenvalue weighted by atomic mass is 10.1. The SMILES string of the molecule is O=C(NC[C@H](O)Cc1ccccc1)[C@H]1CCCN1c1nccs1. The van der Waals surface area contributed by atoms with Crippen molar-refractivity contribution in [2.45, 2.75) is 31.4 Å². The summed E-state index contributed by atoms with van der Waals surface area (Å²) >= 11 is 1.55. The summed E-state index contributed by atoms with van der Waals surface area (Å²) in [5.41, 5.74) is 1.07. The number of benzene rings is 1. The van der Waals surface area contributed by atoms with Crippen LogP contribution < -0.4 is 10.2 Å². The molecule has 0 bridgehead atoms. The summed E-state index contributed by atoms with van der Waals surface area (Å²) in [5, 5.41) is 15.8. The Bertz CT molecular complexity index is 618. The second-order valence-electron chi connectivity index (χ2n) is 5.75. The summed E-state index contributed by atoms with van der Waals surface area (Å²) in [7, 11) is 0. The molecule has 1 aromatic carbocycles. The lowest BCUT2D eigenvalue weighted by molar-refractivity contribution is -0.122. The number of thiazole rings is 1. The zero-order valence-electron chi connectivity index (χ0n) is 12.9. The van der Waals surface area contributed by atoms with Crippen LogP contribution in [-0.4, -0.2) is 41.2 Å². The molecule has 0 spiro atoms. The van der Waals surface area contributed by atoms with E-state index in [1.54, 1.807) is 17.5 Å². The Morgan fingerprint density at radius 3 is 3.00 bits per heavy atom. The number of aliphatic hydroxyl groups excluding tert-OH is 1. The molecule has 0 radical (unpaired) electrons. The van der Waals surface area contributed by atoms with Gasteiger partial charge in [-0.3, -0.25) is 4.79 Å². The first-order valence-corrected chi connectivity index (χ1v) is 8.78. The van der Waals surface area contributed by atoms with Gasteiger partial charge in [-0.1, -0.05) is 30.3 Å². The minimum absolute atomic E-state index is 0.0233. The molecule has 1 fully saturated rings. The highest BCUT2D eigenvalue weighted by atomic mass is 32.1. The lowest BCUT2D eigenvalue weighted by Gasteiger charge is -2.23. The van der Waals surface area contributed by atoms with Crippen LogP contribution in [0.5, 0.6) is 0 Å². The van der Waals surface area contributed by atoms with Crippen LogP contribution in [-0.2, 0) is 11.2 Å². The number of carbonyl (C=O) groups is 1. The Morgan fingerprint density at radius 1 is 1.43 bits per heavy atom. The van der Waals surface area contributed by atoms with Crippen molar-refractivity contribution in [3.8, 4) is 0 Å². The summed E-state index contributed by atoms with van der Waals surface area (Å²) in [6, 6.07) is 9.63. The number of rotatable bonds is 6. The van der Waals surface area contributed by atoms with Crippen molar-refractivity contribution in [1.29, 1.82) is 0 Å². The minimum atomic E-state index is -0.573. The van der Waals surface area contributed by atoms with E-state index in [0.29, 0.717) is 6.42 Å². The maximum Gasteiger partial charge on any atom is 0.242 e. The molecule has 1 amide bonds. The zero-order chi connectivity index (χ0) is 16.1. The second-order valence-corrected chi connectivity index (χ2v) is 6.63. The predicted molar refractivity (Wildman–Crippen MR) is 91.6 cm³/mol. The summed E-state index contributed by atoms with van der Waals surface area (Å²) < 4.78 is 0. The van der Waals surface area contributed by atoms with Gasteiger partial charge in [0.2, 0.25) is 5.91 Å². The number of aromatic nitrogens is 1. The molecule has 2 heterocycles. The van der Waals surface area contributed by atoms with Crippen LogP contribution in [0, 0.1) is 0 Å². The second kappa shape index (κ2) is 7.57. The standard InChI is InChI=1S/C17H21N3O2S/c21-14(11-13-5-2-1-3-6-13)12-19-16(22)15-7-4-9-20(15)17-18-8-10-23-17/h1-3,5-6,8,10,14-15,21H,4,7,9,11-12H2,(H,19,22)/t14-,15-/m1/s1. The maximum absolute atomic E-state index is 12.4. The first-order valence-electron chi connectivity index (χ1n) is 7.90. The molecular weight excluding hydrogens is 310 g/mol. The Balaban J connectivity index is 1.51. The van der Waals surface area contributed by atoms with Crippen molar-refractivity contribution in [3.63, 3.8) is 0 Å². The van der Waals surface area contributed by atoms with E-state index in [4.69, 9.17) is 0 Å². The molecule has 2 atom stereocenters. The molecule has 23 heavy (non-hydrogen) atoms. The average Bonchev–Trinajstić information content (AvgIpc) is 3.24. The van der Waals surface area contributed by atoms with Crippen molar-refractivity contribution in [1.82, 2.24) is 10.3 Å². The van der Waals surface area contributed by atoms with Crippen LogP contribution in [0.4, 0.5) is 5.13 Å².